The minimum Gasteiger partial charge on any atom is -0.392 e. The van der Waals surface area contributed by atoms with Gasteiger partial charge in [0.05, 0.1) is 18.3 Å². The summed E-state index contributed by atoms with van der Waals surface area (Å²) < 4.78 is 5.72. The summed E-state index contributed by atoms with van der Waals surface area (Å²) in [6.45, 7) is 9.30. The Morgan fingerprint density at radius 1 is 1.00 bits per heavy atom. The summed E-state index contributed by atoms with van der Waals surface area (Å²) in [7, 11) is 0. The molecule has 4 N–H and O–H groups in total. The van der Waals surface area contributed by atoms with E-state index in [1.54, 1.807) is 0 Å². The lowest BCUT2D eigenvalue weighted by atomic mass is 9.59. The molecular weight excluding hydrogens is 344 g/mol. The molecule has 0 amide bonds. The van der Waals surface area contributed by atoms with Gasteiger partial charge in [-0.1, -0.05) is 20.8 Å². The lowest BCUT2D eigenvalue weighted by Gasteiger charge is -2.47. The Morgan fingerprint density at radius 2 is 1.70 bits per heavy atom. The van der Waals surface area contributed by atoms with Crippen LogP contribution in [-0.4, -0.2) is 57.6 Å². The fourth-order valence-electron chi connectivity index (χ4n) is 8.01. The van der Waals surface area contributed by atoms with Crippen molar-refractivity contribution in [3.63, 3.8) is 0 Å². The fourth-order valence-corrected chi connectivity index (χ4v) is 8.01. The lowest BCUT2D eigenvalue weighted by Crippen LogP contribution is -2.57. The summed E-state index contributed by atoms with van der Waals surface area (Å²) in [5.41, 5.74) is -2.42. The minimum atomic E-state index is -1.31. The van der Waals surface area contributed by atoms with Crippen LogP contribution in [-0.2, 0) is 4.74 Å². The Kier molecular flexibility index (Phi) is 4.76. The van der Waals surface area contributed by atoms with E-state index in [-0.39, 0.29) is 29.1 Å². The van der Waals surface area contributed by atoms with E-state index in [1.165, 1.54) is 0 Å². The van der Waals surface area contributed by atoms with Gasteiger partial charge < -0.3 is 25.2 Å². The average Bonchev–Trinajstić information content (AvgIpc) is 2.86. The highest BCUT2D eigenvalue weighted by Gasteiger charge is 2.71. The first-order valence-corrected chi connectivity index (χ1v) is 11.0. The maximum absolute atomic E-state index is 11.8. The first-order valence-electron chi connectivity index (χ1n) is 11.0. The van der Waals surface area contributed by atoms with Crippen molar-refractivity contribution in [2.24, 2.45) is 40.4 Å². The second-order valence-corrected chi connectivity index (χ2v) is 10.6. The first kappa shape index (κ1) is 20.1. The largest absolute Gasteiger partial charge is 0.392 e. The van der Waals surface area contributed by atoms with Crippen molar-refractivity contribution in [1.29, 1.82) is 0 Å². The standard InChI is InChI=1S/C22H38O5/c1-5-27-11-13-9-21-10-18(24)22(26)16(8-17(23)20(22,3)4)12(2)15(21)7-6-14(13)19(21)25/h12-19,23-26H,5-11H2,1-4H3/t12-,13+,14-,15-,16-,17-,18+,19+,21+,22-/m0/s1. The number of fused-ring (bicyclic) bond motifs is 2. The molecule has 0 aliphatic heterocycles. The summed E-state index contributed by atoms with van der Waals surface area (Å²) in [5.74, 6) is 0.848. The van der Waals surface area contributed by atoms with E-state index >= 15 is 0 Å². The SMILES string of the molecule is CCOC[C@H]1C[C@@]23C[C@@H](O)[C@@]4(O)[C@@H](C[C@H](O)C4(C)C)[C@@H](C)[C@@H]2CC[C@@H]1[C@H]3O. The maximum Gasteiger partial charge on any atom is 0.101 e. The van der Waals surface area contributed by atoms with Crippen molar-refractivity contribution < 1.29 is 25.2 Å². The zero-order valence-electron chi connectivity index (χ0n) is 17.3. The smallest absolute Gasteiger partial charge is 0.101 e. The van der Waals surface area contributed by atoms with Gasteiger partial charge in [-0.05, 0) is 68.6 Å². The van der Waals surface area contributed by atoms with Gasteiger partial charge in [-0.2, -0.15) is 0 Å². The predicted molar refractivity (Wildman–Crippen MR) is 102 cm³/mol. The summed E-state index contributed by atoms with van der Waals surface area (Å²) >= 11 is 0. The second-order valence-electron chi connectivity index (χ2n) is 10.6. The Morgan fingerprint density at radius 3 is 2.37 bits per heavy atom. The zero-order valence-corrected chi connectivity index (χ0v) is 17.3. The molecule has 0 saturated heterocycles. The van der Waals surface area contributed by atoms with Gasteiger partial charge in [0.15, 0.2) is 0 Å². The van der Waals surface area contributed by atoms with Gasteiger partial charge in [-0.25, -0.2) is 0 Å². The highest BCUT2D eigenvalue weighted by molar-refractivity contribution is 5.20. The number of ether oxygens (including phenoxy) is 1. The molecule has 4 rings (SSSR count). The van der Waals surface area contributed by atoms with E-state index in [1.807, 2.05) is 20.8 Å². The molecule has 0 aromatic heterocycles. The first-order chi connectivity index (χ1) is 12.6. The number of hydrogen-bond donors (Lipinski definition) is 4. The molecule has 0 aromatic carbocycles. The van der Waals surface area contributed by atoms with E-state index in [4.69, 9.17) is 4.74 Å². The molecule has 5 heteroatoms. The van der Waals surface area contributed by atoms with E-state index in [0.29, 0.717) is 32.0 Å². The highest BCUT2D eigenvalue weighted by atomic mass is 16.5. The van der Waals surface area contributed by atoms with Crippen molar-refractivity contribution in [3.05, 3.63) is 0 Å². The molecule has 0 heterocycles. The molecule has 5 nitrogen and oxygen atoms in total. The van der Waals surface area contributed by atoms with E-state index in [2.05, 4.69) is 6.92 Å². The Labute approximate surface area is 163 Å². The number of rotatable bonds is 3. The third-order valence-electron chi connectivity index (χ3n) is 9.59. The Bertz CT molecular complexity index is 579. The third kappa shape index (κ3) is 2.41. The third-order valence-corrected chi connectivity index (χ3v) is 9.59. The minimum absolute atomic E-state index is 0.142. The molecule has 4 aliphatic carbocycles. The Hall–Kier alpha value is -0.200. The van der Waals surface area contributed by atoms with Gasteiger partial charge in [0.25, 0.3) is 0 Å². The summed E-state index contributed by atoms with van der Waals surface area (Å²) in [6.07, 6.45) is 1.85. The normalized spacial score (nSPS) is 56.4. The van der Waals surface area contributed by atoms with E-state index in [0.717, 1.165) is 19.3 Å². The average molecular weight is 383 g/mol. The molecule has 27 heavy (non-hydrogen) atoms. The Balaban J connectivity index is 1.73. The molecule has 1 spiro atoms. The van der Waals surface area contributed by atoms with Crippen LogP contribution in [0, 0.1) is 40.4 Å². The van der Waals surface area contributed by atoms with Crippen LogP contribution in [0.2, 0.25) is 0 Å². The molecule has 0 radical (unpaired) electrons. The molecule has 4 saturated carbocycles. The van der Waals surface area contributed by atoms with E-state index in [9.17, 15) is 20.4 Å². The fraction of sp³-hybridized carbons (Fsp3) is 1.00. The quantitative estimate of drug-likeness (QED) is 0.599. The number of aliphatic hydroxyl groups excluding tert-OH is 3. The summed E-state index contributed by atoms with van der Waals surface area (Å²) in [6, 6.07) is 0. The van der Waals surface area contributed by atoms with Gasteiger partial charge in [0.2, 0.25) is 0 Å². The van der Waals surface area contributed by atoms with E-state index < -0.39 is 29.3 Å². The van der Waals surface area contributed by atoms with Crippen molar-refractivity contribution in [2.75, 3.05) is 13.2 Å². The van der Waals surface area contributed by atoms with Crippen LogP contribution in [0.15, 0.2) is 0 Å². The van der Waals surface area contributed by atoms with Crippen LogP contribution >= 0.6 is 0 Å². The number of hydrogen-bond acceptors (Lipinski definition) is 5. The molecule has 0 aromatic rings. The van der Waals surface area contributed by atoms with Crippen LogP contribution < -0.4 is 0 Å². The topological polar surface area (TPSA) is 90.2 Å². The zero-order chi connectivity index (χ0) is 19.8. The molecule has 10 atom stereocenters. The van der Waals surface area contributed by atoms with Crippen LogP contribution in [0.1, 0.15) is 59.8 Å². The maximum atomic E-state index is 11.8. The molecule has 4 aliphatic rings. The molecule has 156 valence electrons. The predicted octanol–water partition coefficient (Wildman–Crippen LogP) is 1.96. The van der Waals surface area contributed by atoms with Crippen molar-refractivity contribution in [1.82, 2.24) is 0 Å². The van der Waals surface area contributed by atoms with Gasteiger partial charge in [-0.15, -0.1) is 0 Å². The van der Waals surface area contributed by atoms with Crippen LogP contribution in [0.25, 0.3) is 0 Å². The van der Waals surface area contributed by atoms with Crippen molar-refractivity contribution in [2.45, 2.75) is 83.7 Å². The molecular formula is C22H38O5. The van der Waals surface area contributed by atoms with Gasteiger partial charge >= 0.3 is 0 Å². The summed E-state index contributed by atoms with van der Waals surface area (Å²) in [4.78, 5) is 0. The van der Waals surface area contributed by atoms with Crippen molar-refractivity contribution >= 4 is 0 Å². The molecule has 4 fully saturated rings. The molecule has 0 unspecified atom stereocenters. The van der Waals surface area contributed by atoms with Crippen LogP contribution in [0.4, 0.5) is 0 Å². The van der Waals surface area contributed by atoms with Crippen molar-refractivity contribution in [3.8, 4) is 0 Å². The van der Waals surface area contributed by atoms with Gasteiger partial charge in [-0.3, -0.25) is 0 Å². The van der Waals surface area contributed by atoms with Crippen LogP contribution in [0.3, 0.4) is 0 Å². The molecule has 2 bridgehead atoms. The summed E-state index contributed by atoms with van der Waals surface area (Å²) in [5, 5.41) is 45.1. The van der Waals surface area contributed by atoms with Gasteiger partial charge in [0, 0.05) is 24.0 Å². The monoisotopic (exact) mass is 382 g/mol. The lowest BCUT2D eigenvalue weighted by molar-refractivity contribution is -0.178. The van der Waals surface area contributed by atoms with Gasteiger partial charge in [0.1, 0.15) is 5.60 Å². The van der Waals surface area contributed by atoms with Crippen LogP contribution in [0.5, 0.6) is 0 Å². The second kappa shape index (κ2) is 6.40. The number of aliphatic hydroxyl groups is 4. The highest BCUT2D eigenvalue weighted by Crippen LogP contribution is 2.68.